The highest BCUT2D eigenvalue weighted by Crippen LogP contribution is 2.26. The van der Waals surface area contributed by atoms with Crippen molar-refractivity contribution in [3.05, 3.63) is 34.9 Å². The Labute approximate surface area is 151 Å². The molecule has 0 radical (unpaired) electrons. The number of fused-ring (bicyclic) bond motifs is 1. The molecule has 0 atom stereocenters. The fourth-order valence-corrected chi connectivity index (χ4v) is 3.27. The summed E-state index contributed by atoms with van der Waals surface area (Å²) < 4.78 is 4.68. The van der Waals surface area contributed by atoms with Crippen molar-refractivity contribution in [2.24, 2.45) is 0 Å². The second kappa shape index (κ2) is 6.78. The molecule has 0 spiro atoms. The molecule has 26 heavy (non-hydrogen) atoms. The summed E-state index contributed by atoms with van der Waals surface area (Å²) in [6.07, 6.45) is -0.410. The van der Waals surface area contributed by atoms with Crippen molar-refractivity contribution in [2.75, 3.05) is 33.3 Å². The maximum atomic E-state index is 12.7. The highest BCUT2D eigenvalue weighted by Gasteiger charge is 2.37. The van der Waals surface area contributed by atoms with Crippen molar-refractivity contribution in [2.45, 2.75) is 19.9 Å². The van der Waals surface area contributed by atoms with Crippen LogP contribution in [0, 0.1) is 0 Å². The standard InChI is InChI=1S/C18H21N3O5/c1-11(2)21-16(23)13-5-4-12(10-14(13)17(21)24)15(22)19-6-8-20(9-7-19)18(25)26-3/h4-5,10-11H,6-9H2,1-3H3. The zero-order chi connectivity index (χ0) is 19.0. The lowest BCUT2D eigenvalue weighted by Gasteiger charge is -2.33. The Morgan fingerprint density at radius 2 is 1.54 bits per heavy atom. The number of benzene rings is 1. The van der Waals surface area contributed by atoms with Crippen molar-refractivity contribution < 1.29 is 23.9 Å². The van der Waals surface area contributed by atoms with Gasteiger partial charge in [-0.3, -0.25) is 19.3 Å². The minimum atomic E-state index is -0.410. The van der Waals surface area contributed by atoms with Crippen LogP contribution >= 0.6 is 0 Å². The molecule has 0 aliphatic carbocycles. The molecule has 1 saturated heterocycles. The van der Waals surface area contributed by atoms with E-state index in [1.54, 1.807) is 24.8 Å². The van der Waals surface area contributed by atoms with E-state index in [2.05, 4.69) is 4.74 Å². The Morgan fingerprint density at radius 1 is 0.962 bits per heavy atom. The number of ether oxygens (including phenoxy) is 1. The molecule has 2 aliphatic rings. The predicted molar refractivity (Wildman–Crippen MR) is 92.0 cm³/mol. The van der Waals surface area contributed by atoms with Gasteiger partial charge in [-0.25, -0.2) is 4.79 Å². The second-order valence-corrected chi connectivity index (χ2v) is 6.58. The normalized spacial score (nSPS) is 17.0. The van der Waals surface area contributed by atoms with Crippen LogP contribution in [-0.2, 0) is 4.74 Å². The highest BCUT2D eigenvalue weighted by atomic mass is 16.5. The maximum Gasteiger partial charge on any atom is 0.409 e. The Balaban J connectivity index is 1.76. The first-order valence-electron chi connectivity index (χ1n) is 8.49. The van der Waals surface area contributed by atoms with E-state index in [-0.39, 0.29) is 29.3 Å². The average Bonchev–Trinajstić information content (AvgIpc) is 2.90. The predicted octanol–water partition coefficient (Wildman–Crippen LogP) is 1.22. The number of rotatable bonds is 2. The smallest absolute Gasteiger partial charge is 0.409 e. The van der Waals surface area contributed by atoms with E-state index in [1.807, 2.05) is 0 Å². The van der Waals surface area contributed by atoms with E-state index < -0.39 is 6.09 Å². The van der Waals surface area contributed by atoms with Gasteiger partial charge in [-0.05, 0) is 32.0 Å². The van der Waals surface area contributed by atoms with Crippen LogP contribution in [0.1, 0.15) is 44.9 Å². The van der Waals surface area contributed by atoms with Crippen LogP contribution in [0.3, 0.4) is 0 Å². The van der Waals surface area contributed by atoms with Crippen LogP contribution in [0.5, 0.6) is 0 Å². The van der Waals surface area contributed by atoms with Gasteiger partial charge in [0.05, 0.1) is 18.2 Å². The largest absolute Gasteiger partial charge is 0.453 e. The van der Waals surface area contributed by atoms with Crippen molar-refractivity contribution in [3.8, 4) is 0 Å². The summed E-state index contributed by atoms with van der Waals surface area (Å²) in [4.78, 5) is 53.4. The first-order valence-corrected chi connectivity index (χ1v) is 8.49. The van der Waals surface area contributed by atoms with E-state index >= 15 is 0 Å². The van der Waals surface area contributed by atoms with Crippen LogP contribution in [-0.4, -0.2) is 77.8 Å². The number of carbonyl (C=O) groups is 4. The summed E-state index contributed by atoms with van der Waals surface area (Å²) in [5.41, 5.74) is 0.959. The lowest BCUT2D eigenvalue weighted by Crippen LogP contribution is -2.50. The lowest BCUT2D eigenvalue weighted by molar-refractivity contribution is 0.0599. The summed E-state index contributed by atoms with van der Waals surface area (Å²) >= 11 is 0. The molecule has 0 bridgehead atoms. The van der Waals surface area contributed by atoms with Crippen molar-refractivity contribution in [1.29, 1.82) is 0 Å². The Kier molecular flexibility index (Phi) is 4.67. The molecule has 0 unspecified atom stereocenters. The average molecular weight is 359 g/mol. The van der Waals surface area contributed by atoms with Crippen LogP contribution < -0.4 is 0 Å². The van der Waals surface area contributed by atoms with Crippen LogP contribution in [0.2, 0.25) is 0 Å². The quantitative estimate of drug-likeness (QED) is 0.741. The van der Waals surface area contributed by atoms with Gasteiger partial charge in [-0.15, -0.1) is 0 Å². The van der Waals surface area contributed by atoms with E-state index in [9.17, 15) is 19.2 Å². The lowest BCUT2D eigenvalue weighted by atomic mass is 10.0. The number of nitrogens with zero attached hydrogens (tertiary/aromatic N) is 3. The fraction of sp³-hybridized carbons (Fsp3) is 0.444. The molecular formula is C18H21N3O5. The maximum absolute atomic E-state index is 12.7. The van der Waals surface area contributed by atoms with E-state index in [4.69, 9.17) is 0 Å². The third-order valence-electron chi connectivity index (χ3n) is 4.68. The molecule has 4 amide bonds. The molecule has 2 aliphatic heterocycles. The van der Waals surface area contributed by atoms with Gasteiger partial charge in [-0.2, -0.15) is 0 Å². The van der Waals surface area contributed by atoms with Gasteiger partial charge in [0.2, 0.25) is 0 Å². The molecular weight excluding hydrogens is 338 g/mol. The molecule has 1 aromatic rings. The highest BCUT2D eigenvalue weighted by molar-refractivity contribution is 6.22. The van der Waals surface area contributed by atoms with Gasteiger partial charge in [0.25, 0.3) is 17.7 Å². The molecule has 8 heteroatoms. The monoisotopic (exact) mass is 359 g/mol. The minimum Gasteiger partial charge on any atom is -0.453 e. The molecule has 0 N–H and O–H groups in total. The number of hydrogen-bond donors (Lipinski definition) is 0. The summed E-state index contributed by atoms with van der Waals surface area (Å²) in [6, 6.07) is 4.36. The number of carbonyl (C=O) groups excluding carboxylic acids is 4. The van der Waals surface area contributed by atoms with Gasteiger partial charge < -0.3 is 14.5 Å². The molecule has 0 aromatic heterocycles. The van der Waals surface area contributed by atoms with E-state index in [0.29, 0.717) is 37.3 Å². The zero-order valence-corrected chi connectivity index (χ0v) is 15.0. The molecule has 3 rings (SSSR count). The summed E-state index contributed by atoms with van der Waals surface area (Å²) in [6.45, 7) is 5.10. The summed E-state index contributed by atoms with van der Waals surface area (Å²) in [5.74, 6) is -0.920. The zero-order valence-electron chi connectivity index (χ0n) is 15.0. The van der Waals surface area contributed by atoms with Gasteiger partial charge in [0.15, 0.2) is 0 Å². The summed E-state index contributed by atoms with van der Waals surface area (Å²) in [5, 5.41) is 0. The number of amides is 4. The Bertz CT molecular complexity index is 781. The van der Waals surface area contributed by atoms with Crippen LogP contribution in [0.25, 0.3) is 0 Å². The molecule has 2 heterocycles. The van der Waals surface area contributed by atoms with E-state index in [1.165, 1.54) is 29.0 Å². The van der Waals surface area contributed by atoms with Gasteiger partial charge in [0, 0.05) is 37.8 Å². The topological polar surface area (TPSA) is 87.2 Å². The molecule has 8 nitrogen and oxygen atoms in total. The van der Waals surface area contributed by atoms with Crippen molar-refractivity contribution >= 4 is 23.8 Å². The van der Waals surface area contributed by atoms with Gasteiger partial charge >= 0.3 is 6.09 Å². The number of imide groups is 1. The number of piperazine rings is 1. The number of methoxy groups -OCH3 is 1. The van der Waals surface area contributed by atoms with E-state index in [0.717, 1.165) is 0 Å². The Morgan fingerprint density at radius 3 is 2.12 bits per heavy atom. The third kappa shape index (κ3) is 2.91. The molecule has 1 fully saturated rings. The first kappa shape index (κ1) is 17.9. The van der Waals surface area contributed by atoms with Crippen molar-refractivity contribution in [1.82, 2.24) is 14.7 Å². The van der Waals surface area contributed by atoms with Gasteiger partial charge in [-0.1, -0.05) is 0 Å². The summed E-state index contributed by atoms with van der Waals surface area (Å²) in [7, 11) is 1.32. The van der Waals surface area contributed by atoms with Gasteiger partial charge in [0.1, 0.15) is 0 Å². The second-order valence-electron chi connectivity index (χ2n) is 6.58. The van der Waals surface area contributed by atoms with Crippen LogP contribution in [0.15, 0.2) is 18.2 Å². The fourth-order valence-electron chi connectivity index (χ4n) is 3.27. The third-order valence-corrected chi connectivity index (χ3v) is 4.68. The molecule has 138 valence electrons. The van der Waals surface area contributed by atoms with Crippen LogP contribution in [0.4, 0.5) is 4.79 Å². The SMILES string of the molecule is COC(=O)N1CCN(C(=O)c2ccc3c(c2)C(=O)N(C(C)C)C3=O)CC1. The minimum absolute atomic E-state index is 0.222. The Hall–Kier alpha value is -2.90. The van der Waals surface area contributed by atoms with Crippen molar-refractivity contribution in [3.63, 3.8) is 0 Å². The molecule has 1 aromatic carbocycles. The first-order chi connectivity index (χ1) is 12.3. The number of hydrogen-bond acceptors (Lipinski definition) is 5. The molecule has 0 saturated carbocycles.